The molecule has 2 aromatic carbocycles. The molecule has 0 saturated carbocycles. The number of phenols is 1. The molecular formula is C25H29NO7. The zero-order valence-corrected chi connectivity index (χ0v) is 19.5. The molecule has 1 aliphatic heterocycles. The molecule has 3 rings (SSSR count). The molecule has 33 heavy (non-hydrogen) atoms. The third-order valence-electron chi connectivity index (χ3n) is 5.55. The number of hydrogen-bond donors (Lipinski definition) is 2. The molecule has 1 atom stereocenters. The second-order valence-electron chi connectivity index (χ2n) is 7.81. The lowest BCUT2D eigenvalue weighted by atomic mass is 9.93. The van der Waals surface area contributed by atoms with Crippen molar-refractivity contribution in [3.63, 3.8) is 0 Å². The van der Waals surface area contributed by atoms with E-state index >= 15 is 0 Å². The zero-order chi connectivity index (χ0) is 24.3. The van der Waals surface area contributed by atoms with Gasteiger partial charge in [0, 0.05) is 13.7 Å². The van der Waals surface area contributed by atoms with Crippen molar-refractivity contribution in [2.75, 3.05) is 34.0 Å². The number of rotatable bonds is 8. The normalized spacial score (nSPS) is 17.5. The summed E-state index contributed by atoms with van der Waals surface area (Å²) in [7, 11) is 2.98. The van der Waals surface area contributed by atoms with Crippen LogP contribution in [0.15, 0.2) is 35.9 Å². The Kier molecular flexibility index (Phi) is 7.28. The number of hydrogen-bond acceptors (Lipinski definition) is 7. The molecule has 0 radical (unpaired) electrons. The van der Waals surface area contributed by atoms with Crippen molar-refractivity contribution in [3.05, 3.63) is 58.2 Å². The summed E-state index contributed by atoms with van der Waals surface area (Å²) in [6.07, 6.45) is 0. The number of carbonyl (C=O) groups is 2. The Bertz CT molecular complexity index is 1110. The summed E-state index contributed by atoms with van der Waals surface area (Å²) in [4.78, 5) is 27.5. The lowest BCUT2D eigenvalue weighted by molar-refractivity contribution is -0.140. The van der Waals surface area contributed by atoms with Gasteiger partial charge in [-0.3, -0.25) is 9.59 Å². The minimum Gasteiger partial charge on any atom is -0.507 e. The average Bonchev–Trinajstić information content (AvgIpc) is 3.03. The second-order valence-corrected chi connectivity index (χ2v) is 7.81. The SMILES string of the molecule is CCOc1cc(C2/C(=C(\O)c3cc(C)cc(C)c3OC)C(=O)C(=O)N2CCOC)ccc1O. The van der Waals surface area contributed by atoms with Crippen LogP contribution in [-0.2, 0) is 14.3 Å². The third-order valence-corrected chi connectivity index (χ3v) is 5.55. The molecule has 1 amide bonds. The first-order valence-electron chi connectivity index (χ1n) is 10.6. The monoisotopic (exact) mass is 455 g/mol. The van der Waals surface area contributed by atoms with Gasteiger partial charge in [0.15, 0.2) is 11.5 Å². The van der Waals surface area contributed by atoms with E-state index in [0.29, 0.717) is 23.5 Å². The fourth-order valence-corrected chi connectivity index (χ4v) is 4.17. The maximum absolute atomic E-state index is 13.2. The number of aryl methyl sites for hydroxylation is 2. The minimum absolute atomic E-state index is 0.0625. The molecule has 2 aromatic rings. The smallest absolute Gasteiger partial charge is 0.295 e. The number of ether oxygens (including phenoxy) is 3. The van der Waals surface area contributed by atoms with Crippen LogP contribution in [0.1, 0.15) is 35.2 Å². The number of benzene rings is 2. The Morgan fingerprint density at radius 2 is 1.85 bits per heavy atom. The van der Waals surface area contributed by atoms with Crippen molar-refractivity contribution >= 4 is 17.4 Å². The summed E-state index contributed by atoms with van der Waals surface area (Å²) in [5, 5.41) is 21.5. The van der Waals surface area contributed by atoms with Crippen molar-refractivity contribution in [1.82, 2.24) is 4.90 Å². The largest absolute Gasteiger partial charge is 0.507 e. The number of nitrogens with zero attached hydrogens (tertiary/aromatic N) is 1. The zero-order valence-electron chi connectivity index (χ0n) is 19.5. The van der Waals surface area contributed by atoms with E-state index in [0.717, 1.165) is 11.1 Å². The van der Waals surface area contributed by atoms with Crippen LogP contribution in [0.5, 0.6) is 17.2 Å². The Hall–Kier alpha value is -3.52. The van der Waals surface area contributed by atoms with Crippen LogP contribution in [0.25, 0.3) is 5.76 Å². The number of aliphatic hydroxyl groups excluding tert-OH is 1. The van der Waals surface area contributed by atoms with Gasteiger partial charge in [0.05, 0.1) is 37.5 Å². The molecule has 1 fully saturated rings. The number of aromatic hydroxyl groups is 1. The minimum atomic E-state index is -0.898. The van der Waals surface area contributed by atoms with Gasteiger partial charge in [-0.25, -0.2) is 0 Å². The fourth-order valence-electron chi connectivity index (χ4n) is 4.17. The molecule has 1 unspecified atom stereocenters. The van der Waals surface area contributed by atoms with Crippen molar-refractivity contribution in [2.24, 2.45) is 0 Å². The van der Waals surface area contributed by atoms with Crippen LogP contribution in [0.2, 0.25) is 0 Å². The maximum Gasteiger partial charge on any atom is 0.295 e. The van der Waals surface area contributed by atoms with E-state index in [2.05, 4.69) is 0 Å². The quantitative estimate of drug-likeness (QED) is 0.357. The number of aliphatic hydroxyl groups is 1. The molecule has 1 aliphatic rings. The van der Waals surface area contributed by atoms with Crippen LogP contribution in [0, 0.1) is 13.8 Å². The number of ketones is 1. The van der Waals surface area contributed by atoms with E-state index in [1.54, 1.807) is 25.1 Å². The van der Waals surface area contributed by atoms with Gasteiger partial charge in [0.2, 0.25) is 0 Å². The highest BCUT2D eigenvalue weighted by molar-refractivity contribution is 6.46. The van der Waals surface area contributed by atoms with Gasteiger partial charge in [0.25, 0.3) is 11.7 Å². The summed E-state index contributed by atoms with van der Waals surface area (Å²) in [6, 6.07) is 7.32. The molecule has 2 N–H and O–H groups in total. The standard InChI is InChI=1S/C25H29NO7/c1-6-33-19-13-16(7-8-18(19)27)21-20(23(29)25(30)26(21)9-10-31-4)22(28)17-12-14(2)11-15(3)24(17)32-5/h7-8,11-13,21,27-28H,6,9-10H2,1-5H3/b22-20+. The number of likely N-dealkylation sites (tertiary alicyclic amines) is 1. The van der Waals surface area contributed by atoms with Crippen LogP contribution in [0.4, 0.5) is 0 Å². The summed E-state index contributed by atoms with van der Waals surface area (Å²) < 4.78 is 16.1. The lowest BCUT2D eigenvalue weighted by Crippen LogP contribution is -2.32. The molecule has 0 aliphatic carbocycles. The van der Waals surface area contributed by atoms with Crippen molar-refractivity contribution in [3.8, 4) is 17.2 Å². The van der Waals surface area contributed by atoms with E-state index in [1.165, 1.54) is 25.2 Å². The Labute approximate surface area is 193 Å². The molecule has 0 spiro atoms. The highest BCUT2D eigenvalue weighted by Crippen LogP contribution is 2.43. The van der Waals surface area contributed by atoms with Crippen LogP contribution >= 0.6 is 0 Å². The van der Waals surface area contributed by atoms with Gasteiger partial charge in [-0.05, 0) is 55.7 Å². The van der Waals surface area contributed by atoms with E-state index in [9.17, 15) is 19.8 Å². The van der Waals surface area contributed by atoms with Gasteiger partial charge < -0.3 is 29.3 Å². The number of phenolic OH excluding ortho intramolecular Hbond substituents is 1. The summed E-state index contributed by atoms with van der Waals surface area (Å²) in [5.74, 6) is -1.30. The van der Waals surface area contributed by atoms with Gasteiger partial charge in [-0.2, -0.15) is 0 Å². The van der Waals surface area contributed by atoms with E-state index in [-0.39, 0.29) is 36.0 Å². The van der Waals surface area contributed by atoms with Crippen LogP contribution in [-0.4, -0.2) is 60.8 Å². The molecule has 8 nitrogen and oxygen atoms in total. The summed E-state index contributed by atoms with van der Waals surface area (Å²) in [5.41, 5.74) is 2.42. The Balaban J connectivity index is 2.27. The van der Waals surface area contributed by atoms with Crippen LogP contribution < -0.4 is 9.47 Å². The highest BCUT2D eigenvalue weighted by Gasteiger charge is 2.46. The number of carbonyl (C=O) groups excluding carboxylic acids is 2. The first kappa shape index (κ1) is 24.1. The fraction of sp³-hybridized carbons (Fsp3) is 0.360. The third kappa shape index (κ3) is 4.52. The molecule has 0 aromatic heterocycles. The van der Waals surface area contributed by atoms with Gasteiger partial charge >= 0.3 is 0 Å². The lowest BCUT2D eigenvalue weighted by Gasteiger charge is -2.25. The maximum atomic E-state index is 13.2. The van der Waals surface area contributed by atoms with E-state index in [4.69, 9.17) is 14.2 Å². The topological polar surface area (TPSA) is 106 Å². The second kappa shape index (κ2) is 9.95. The predicted octanol–water partition coefficient (Wildman–Crippen LogP) is 3.48. The number of amides is 1. The Morgan fingerprint density at radius 3 is 2.48 bits per heavy atom. The number of Topliss-reactive ketones (excluding diaryl/α,β-unsaturated/α-hetero) is 1. The van der Waals surface area contributed by atoms with Crippen molar-refractivity contribution in [1.29, 1.82) is 0 Å². The van der Waals surface area contributed by atoms with Gasteiger partial charge in [-0.1, -0.05) is 12.1 Å². The van der Waals surface area contributed by atoms with Crippen molar-refractivity contribution < 1.29 is 34.0 Å². The van der Waals surface area contributed by atoms with E-state index in [1.807, 2.05) is 19.9 Å². The highest BCUT2D eigenvalue weighted by atomic mass is 16.5. The summed E-state index contributed by atoms with van der Waals surface area (Å²) in [6.45, 7) is 6.14. The molecular weight excluding hydrogens is 426 g/mol. The molecule has 0 bridgehead atoms. The molecule has 176 valence electrons. The number of methoxy groups -OCH3 is 2. The average molecular weight is 456 g/mol. The van der Waals surface area contributed by atoms with Crippen LogP contribution in [0.3, 0.4) is 0 Å². The molecule has 1 heterocycles. The Morgan fingerprint density at radius 1 is 1.12 bits per heavy atom. The van der Waals surface area contributed by atoms with Gasteiger partial charge in [0.1, 0.15) is 11.5 Å². The predicted molar refractivity (Wildman–Crippen MR) is 123 cm³/mol. The molecule has 1 saturated heterocycles. The first-order valence-corrected chi connectivity index (χ1v) is 10.6. The van der Waals surface area contributed by atoms with E-state index < -0.39 is 17.7 Å². The molecule has 8 heteroatoms. The van der Waals surface area contributed by atoms with Gasteiger partial charge in [-0.15, -0.1) is 0 Å². The summed E-state index contributed by atoms with van der Waals surface area (Å²) >= 11 is 0. The van der Waals surface area contributed by atoms with Crippen molar-refractivity contribution in [2.45, 2.75) is 26.8 Å². The first-order chi connectivity index (χ1) is 15.7.